The van der Waals surface area contributed by atoms with Crippen molar-refractivity contribution in [1.29, 1.82) is 0 Å². The van der Waals surface area contributed by atoms with E-state index in [-0.39, 0.29) is 12.4 Å². The van der Waals surface area contributed by atoms with Crippen molar-refractivity contribution in [3.8, 4) is 0 Å². The van der Waals surface area contributed by atoms with Crippen molar-refractivity contribution >= 4 is 28.4 Å². The van der Waals surface area contributed by atoms with Gasteiger partial charge in [0.1, 0.15) is 0 Å². The summed E-state index contributed by atoms with van der Waals surface area (Å²) in [5.41, 5.74) is 7.82. The third-order valence-corrected chi connectivity index (χ3v) is 3.62. The zero-order valence-corrected chi connectivity index (χ0v) is 12.4. The third kappa shape index (κ3) is 3.40. The van der Waals surface area contributed by atoms with Crippen LogP contribution in [0.2, 0.25) is 0 Å². The van der Waals surface area contributed by atoms with Gasteiger partial charge in [-0.25, -0.2) is 0 Å². The molecule has 0 unspecified atom stereocenters. The van der Waals surface area contributed by atoms with E-state index in [0.29, 0.717) is 11.1 Å². The average Bonchev–Trinajstić information content (AvgIpc) is 2.46. The van der Waals surface area contributed by atoms with E-state index in [2.05, 4.69) is 22.6 Å². The molecule has 0 fully saturated rings. The molecular formula is C15H14INO2. The van der Waals surface area contributed by atoms with E-state index in [1.165, 1.54) is 0 Å². The highest BCUT2D eigenvalue weighted by Gasteiger charge is 2.10. The van der Waals surface area contributed by atoms with Gasteiger partial charge in [-0.3, -0.25) is 4.79 Å². The zero-order chi connectivity index (χ0) is 13.8. The van der Waals surface area contributed by atoms with Gasteiger partial charge in [-0.2, -0.15) is 0 Å². The molecule has 0 spiro atoms. The minimum Gasteiger partial charge on any atom is -0.394 e. The number of carbonyl (C=O) groups is 1. The van der Waals surface area contributed by atoms with E-state index in [1.807, 2.05) is 24.3 Å². The normalized spacial score (nSPS) is 12.2. The van der Waals surface area contributed by atoms with Gasteiger partial charge in [0.15, 0.2) is 5.78 Å². The van der Waals surface area contributed by atoms with Crippen molar-refractivity contribution in [1.82, 2.24) is 0 Å². The molecule has 2 rings (SSSR count). The first kappa shape index (κ1) is 14.2. The Morgan fingerprint density at radius 1 is 1.05 bits per heavy atom. The van der Waals surface area contributed by atoms with Crippen LogP contribution in [0.25, 0.3) is 0 Å². The smallest absolute Gasteiger partial charge is 0.193 e. The van der Waals surface area contributed by atoms with Crippen LogP contribution in [0.1, 0.15) is 27.5 Å². The van der Waals surface area contributed by atoms with Crippen molar-refractivity contribution < 1.29 is 9.90 Å². The lowest BCUT2D eigenvalue weighted by atomic mass is 10.0. The number of rotatable bonds is 4. The summed E-state index contributed by atoms with van der Waals surface area (Å²) >= 11 is 2.20. The molecule has 1 atom stereocenters. The molecule has 0 radical (unpaired) electrons. The molecule has 0 saturated heterocycles. The molecule has 4 heteroatoms. The Balaban J connectivity index is 2.22. The Morgan fingerprint density at radius 2 is 1.53 bits per heavy atom. The van der Waals surface area contributed by atoms with E-state index >= 15 is 0 Å². The Morgan fingerprint density at radius 3 is 2.00 bits per heavy atom. The second-order valence-corrected chi connectivity index (χ2v) is 5.49. The molecule has 0 aliphatic heterocycles. The van der Waals surface area contributed by atoms with Crippen molar-refractivity contribution in [3.63, 3.8) is 0 Å². The molecular weight excluding hydrogens is 353 g/mol. The zero-order valence-electron chi connectivity index (χ0n) is 10.2. The van der Waals surface area contributed by atoms with Crippen LogP contribution >= 0.6 is 22.6 Å². The van der Waals surface area contributed by atoms with Gasteiger partial charge in [0.25, 0.3) is 0 Å². The van der Waals surface area contributed by atoms with Crippen LogP contribution in [-0.4, -0.2) is 17.5 Å². The summed E-state index contributed by atoms with van der Waals surface area (Å²) in [5, 5.41) is 8.98. The van der Waals surface area contributed by atoms with E-state index < -0.39 is 6.04 Å². The topological polar surface area (TPSA) is 63.3 Å². The molecule has 2 aromatic rings. The number of hydrogen-bond donors (Lipinski definition) is 2. The molecule has 3 N–H and O–H groups in total. The van der Waals surface area contributed by atoms with Crippen LogP contribution < -0.4 is 5.73 Å². The van der Waals surface area contributed by atoms with Gasteiger partial charge in [0.05, 0.1) is 12.6 Å². The summed E-state index contributed by atoms with van der Waals surface area (Å²) in [6.45, 7) is -0.107. The Bertz CT molecular complexity index is 564. The fourth-order valence-electron chi connectivity index (χ4n) is 1.76. The van der Waals surface area contributed by atoms with Gasteiger partial charge < -0.3 is 10.8 Å². The summed E-state index contributed by atoms with van der Waals surface area (Å²) in [7, 11) is 0. The number of aliphatic hydroxyl groups excluding tert-OH is 1. The van der Waals surface area contributed by atoms with Gasteiger partial charge in [0.2, 0.25) is 0 Å². The summed E-state index contributed by atoms with van der Waals surface area (Å²) in [6, 6.07) is 14.1. The quantitative estimate of drug-likeness (QED) is 0.645. The van der Waals surface area contributed by atoms with E-state index in [9.17, 15) is 4.79 Å². The van der Waals surface area contributed by atoms with Crippen LogP contribution in [0.4, 0.5) is 0 Å². The van der Waals surface area contributed by atoms with Gasteiger partial charge >= 0.3 is 0 Å². The maximum absolute atomic E-state index is 12.2. The highest BCUT2D eigenvalue weighted by molar-refractivity contribution is 14.1. The fourth-order valence-corrected chi connectivity index (χ4v) is 2.11. The van der Waals surface area contributed by atoms with Gasteiger partial charge in [0, 0.05) is 14.7 Å². The maximum Gasteiger partial charge on any atom is 0.193 e. The second-order valence-electron chi connectivity index (χ2n) is 4.25. The minimum atomic E-state index is -0.401. The number of halogens is 1. The van der Waals surface area contributed by atoms with Crippen LogP contribution in [0.5, 0.6) is 0 Å². The SMILES string of the molecule is N[C@H](CO)c1ccc(C(=O)c2ccc(I)cc2)cc1. The second kappa shape index (κ2) is 6.27. The molecule has 0 amide bonds. The van der Waals surface area contributed by atoms with E-state index in [1.54, 1.807) is 24.3 Å². The highest BCUT2D eigenvalue weighted by Crippen LogP contribution is 2.15. The Labute approximate surface area is 125 Å². The molecule has 98 valence electrons. The molecule has 0 bridgehead atoms. The lowest BCUT2D eigenvalue weighted by molar-refractivity contribution is 0.103. The summed E-state index contributed by atoms with van der Waals surface area (Å²) in [6.07, 6.45) is 0. The monoisotopic (exact) mass is 367 g/mol. The van der Waals surface area contributed by atoms with Crippen LogP contribution in [0, 0.1) is 3.57 Å². The lowest BCUT2D eigenvalue weighted by Crippen LogP contribution is -2.14. The molecule has 0 heterocycles. The van der Waals surface area contributed by atoms with Crippen molar-refractivity contribution in [2.45, 2.75) is 6.04 Å². The minimum absolute atomic E-state index is 0.0134. The van der Waals surface area contributed by atoms with Crippen LogP contribution in [-0.2, 0) is 0 Å². The van der Waals surface area contributed by atoms with Gasteiger partial charge in [-0.15, -0.1) is 0 Å². The van der Waals surface area contributed by atoms with Crippen molar-refractivity contribution in [2.75, 3.05) is 6.61 Å². The maximum atomic E-state index is 12.2. The molecule has 0 aliphatic carbocycles. The molecule has 0 aromatic heterocycles. The van der Waals surface area contributed by atoms with Gasteiger partial charge in [-0.1, -0.05) is 24.3 Å². The number of ketones is 1. The standard InChI is InChI=1S/C15H14INO2/c16-13-7-5-12(6-8-13)15(19)11-3-1-10(2-4-11)14(17)9-18/h1-8,14,18H,9,17H2/t14-/m1/s1. The third-order valence-electron chi connectivity index (χ3n) is 2.90. The average molecular weight is 367 g/mol. The van der Waals surface area contributed by atoms with E-state index in [0.717, 1.165) is 9.13 Å². The summed E-state index contributed by atoms with van der Waals surface area (Å²) < 4.78 is 1.10. The predicted octanol–water partition coefficient (Wildman–Crippen LogP) is 2.51. The first-order chi connectivity index (χ1) is 9.11. The molecule has 3 nitrogen and oxygen atoms in total. The summed E-state index contributed by atoms with van der Waals surface area (Å²) in [5.74, 6) is -0.0134. The first-order valence-electron chi connectivity index (χ1n) is 5.88. The number of carbonyl (C=O) groups excluding carboxylic acids is 1. The molecule has 0 saturated carbocycles. The number of aliphatic hydroxyl groups is 1. The molecule has 19 heavy (non-hydrogen) atoms. The molecule has 2 aromatic carbocycles. The largest absolute Gasteiger partial charge is 0.394 e. The highest BCUT2D eigenvalue weighted by atomic mass is 127. The van der Waals surface area contributed by atoms with Crippen LogP contribution in [0.15, 0.2) is 48.5 Å². The van der Waals surface area contributed by atoms with E-state index in [4.69, 9.17) is 10.8 Å². The summed E-state index contributed by atoms with van der Waals surface area (Å²) in [4.78, 5) is 12.2. The number of benzene rings is 2. The molecule has 0 aliphatic rings. The van der Waals surface area contributed by atoms with Crippen molar-refractivity contribution in [2.24, 2.45) is 5.73 Å². The fraction of sp³-hybridized carbons (Fsp3) is 0.133. The predicted molar refractivity (Wildman–Crippen MR) is 83.0 cm³/mol. The van der Waals surface area contributed by atoms with Crippen LogP contribution in [0.3, 0.4) is 0 Å². The first-order valence-corrected chi connectivity index (χ1v) is 6.96. The van der Waals surface area contributed by atoms with Gasteiger partial charge in [-0.05, 0) is 52.4 Å². The number of nitrogens with two attached hydrogens (primary N) is 1. The Hall–Kier alpha value is -1.24. The Kier molecular flexibility index (Phi) is 4.68. The number of hydrogen-bond acceptors (Lipinski definition) is 3. The lowest BCUT2D eigenvalue weighted by Gasteiger charge is -2.09. The van der Waals surface area contributed by atoms with Crippen molar-refractivity contribution in [3.05, 3.63) is 68.8 Å².